The smallest absolute Gasteiger partial charge is 0.354 e. The fraction of sp³-hybridized carbons (Fsp3) is 0.100. The summed E-state index contributed by atoms with van der Waals surface area (Å²) in [6.07, 6.45) is -3.10. The number of alkyl halides is 3. The van der Waals surface area contributed by atoms with Crippen LogP contribution in [0.5, 0.6) is 0 Å². The highest BCUT2D eigenvalue weighted by Gasteiger charge is 2.33. The number of rotatable bonds is 4. The van der Waals surface area contributed by atoms with Crippen LogP contribution in [0.15, 0.2) is 66.9 Å². The summed E-state index contributed by atoms with van der Waals surface area (Å²) in [5.41, 5.74) is 1.41. The molecule has 0 bridgehead atoms. The summed E-state index contributed by atoms with van der Waals surface area (Å²) in [7, 11) is 0. The molecule has 2 N–H and O–H groups in total. The second kappa shape index (κ2) is 7.49. The third-order valence-electron chi connectivity index (χ3n) is 3.90. The molecule has 0 saturated carbocycles. The van der Waals surface area contributed by atoms with Gasteiger partial charge in [-0.3, -0.25) is 4.79 Å². The lowest BCUT2D eigenvalue weighted by Crippen LogP contribution is -2.17. The lowest BCUT2D eigenvalue weighted by Gasteiger charge is -2.13. The molecule has 0 aliphatic heterocycles. The number of halogens is 3. The number of pyridine rings is 1. The number of benzene rings is 2. The number of carbonyl (C=O) groups excluding carboxylic acids is 1. The molecule has 3 aromatic rings. The number of carbonyl (C=O) groups is 1. The summed E-state index contributed by atoms with van der Waals surface area (Å²) in [6, 6.07) is 15.6. The van der Waals surface area contributed by atoms with Gasteiger partial charge in [0.1, 0.15) is 5.69 Å². The summed E-state index contributed by atoms with van der Waals surface area (Å²) in [5.74, 6) is -0.714. The Bertz CT molecular complexity index is 953. The Labute approximate surface area is 154 Å². The average Bonchev–Trinajstić information content (AvgIpc) is 2.64. The van der Waals surface area contributed by atoms with E-state index in [0.29, 0.717) is 5.69 Å². The Hall–Kier alpha value is -3.35. The van der Waals surface area contributed by atoms with Gasteiger partial charge in [0.05, 0.1) is 23.1 Å². The molecule has 0 spiro atoms. The quantitative estimate of drug-likeness (QED) is 0.645. The van der Waals surface area contributed by atoms with Crippen LogP contribution in [0, 0.1) is 6.92 Å². The Morgan fingerprint density at radius 3 is 2.22 bits per heavy atom. The highest BCUT2D eigenvalue weighted by atomic mass is 19.4. The van der Waals surface area contributed by atoms with Gasteiger partial charge in [-0.25, -0.2) is 4.98 Å². The first-order chi connectivity index (χ1) is 12.8. The van der Waals surface area contributed by atoms with Crippen LogP contribution in [-0.4, -0.2) is 10.9 Å². The molecule has 0 fully saturated rings. The van der Waals surface area contributed by atoms with E-state index in [-0.39, 0.29) is 11.4 Å². The minimum absolute atomic E-state index is 0.0160. The first-order valence-electron chi connectivity index (χ1n) is 8.11. The van der Waals surface area contributed by atoms with E-state index in [1.807, 2.05) is 31.2 Å². The van der Waals surface area contributed by atoms with Crippen molar-refractivity contribution < 1.29 is 18.0 Å². The van der Waals surface area contributed by atoms with Crippen molar-refractivity contribution >= 4 is 23.0 Å². The average molecular weight is 371 g/mol. The normalized spacial score (nSPS) is 11.1. The predicted octanol–water partition coefficient (Wildman–Crippen LogP) is 5.40. The highest BCUT2D eigenvalue weighted by molar-refractivity contribution is 6.03. The van der Waals surface area contributed by atoms with Crippen molar-refractivity contribution in [1.82, 2.24) is 4.98 Å². The first-order valence-corrected chi connectivity index (χ1v) is 8.11. The van der Waals surface area contributed by atoms with Crippen molar-refractivity contribution in [3.63, 3.8) is 0 Å². The highest BCUT2D eigenvalue weighted by Crippen LogP contribution is 2.34. The molecular formula is C20H16F3N3O. The summed E-state index contributed by atoms with van der Waals surface area (Å²) >= 11 is 0. The molecule has 3 rings (SSSR count). The van der Waals surface area contributed by atoms with E-state index in [1.165, 1.54) is 30.5 Å². The molecule has 27 heavy (non-hydrogen) atoms. The van der Waals surface area contributed by atoms with E-state index < -0.39 is 17.6 Å². The molecular weight excluding hydrogens is 355 g/mol. The van der Waals surface area contributed by atoms with Crippen LogP contribution in [0.25, 0.3) is 0 Å². The van der Waals surface area contributed by atoms with Crippen LogP contribution >= 0.6 is 0 Å². The molecule has 0 saturated heterocycles. The van der Waals surface area contributed by atoms with Crippen molar-refractivity contribution in [2.75, 3.05) is 10.6 Å². The van der Waals surface area contributed by atoms with Crippen LogP contribution in [0.1, 0.15) is 21.6 Å². The summed E-state index contributed by atoms with van der Waals surface area (Å²) in [5, 5.41) is 5.44. The van der Waals surface area contributed by atoms with Crippen LogP contribution in [0.4, 0.5) is 30.2 Å². The van der Waals surface area contributed by atoms with Gasteiger partial charge in [-0.05, 0) is 42.8 Å². The maximum Gasteiger partial charge on any atom is 0.418 e. The fourth-order valence-corrected chi connectivity index (χ4v) is 2.50. The van der Waals surface area contributed by atoms with Gasteiger partial charge in [0.25, 0.3) is 5.91 Å². The summed E-state index contributed by atoms with van der Waals surface area (Å²) < 4.78 is 39.1. The van der Waals surface area contributed by atoms with E-state index in [2.05, 4.69) is 15.6 Å². The molecule has 1 aromatic heterocycles. The van der Waals surface area contributed by atoms with Crippen molar-refractivity contribution in [3.8, 4) is 0 Å². The van der Waals surface area contributed by atoms with Crippen molar-refractivity contribution in [2.45, 2.75) is 13.1 Å². The number of nitrogens with zero attached hydrogens (tertiary/aromatic N) is 1. The van der Waals surface area contributed by atoms with E-state index in [4.69, 9.17) is 0 Å². The van der Waals surface area contributed by atoms with E-state index >= 15 is 0 Å². The standard InChI is InChI=1S/C20H16F3N3O/c1-13-6-2-4-8-16(13)25-14-10-11-18(24-12-14)19(27)26-17-9-5-3-7-15(17)20(21,22)23/h2-12,25H,1H3,(H,26,27). The molecule has 0 aliphatic carbocycles. The van der Waals surface area contributed by atoms with Crippen LogP contribution in [0.3, 0.4) is 0 Å². The Morgan fingerprint density at radius 1 is 0.926 bits per heavy atom. The van der Waals surface area contributed by atoms with Crippen LogP contribution in [-0.2, 0) is 6.18 Å². The lowest BCUT2D eigenvalue weighted by molar-refractivity contribution is -0.136. The zero-order valence-corrected chi connectivity index (χ0v) is 14.3. The third-order valence-corrected chi connectivity index (χ3v) is 3.90. The predicted molar refractivity (Wildman–Crippen MR) is 98.1 cm³/mol. The largest absolute Gasteiger partial charge is 0.418 e. The first kappa shape index (κ1) is 18.4. The van der Waals surface area contributed by atoms with Gasteiger partial charge < -0.3 is 10.6 Å². The maximum atomic E-state index is 13.0. The minimum Gasteiger partial charge on any atom is -0.354 e. The monoisotopic (exact) mass is 371 g/mol. The maximum absolute atomic E-state index is 13.0. The second-order valence-corrected chi connectivity index (χ2v) is 5.87. The number of aromatic nitrogens is 1. The molecule has 1 amide bonds. The molecule has 0 aliphatic rings. The van der Waals surface area contributed by atoms with Gasteiger partial charge in [0.2, 0.25) is 0 Å². The van der Waals surface area contributed by atoms with Gasteiger partial charge >= 0.3 is 6.18 Å². The van der Waals surface area contributed by atoms with Gasteiger partial charge in [0, 0.05) is 5.69 Å². The fourth-order valence-electron chi connectivity index (χ4n) is 2.50. The van der Waals surface area contributed by atoms with Gasteiger partial charge in [-0.2, -0.15) is 13.2 Å². The minimum atomic E-state index is -4.56. The zero-order valence-electron chi connectivity index (χ0n) is 14.3. The Balaban J connectivity index is 1.75. The third kappa shape index (κ3) is 4.44. The topological polar surface area (TPSA) is 54.0 Å². The van der Waals surface area contributed by atoms with E-state index in [1.54, 1.807) is 6.07 Å². The van der Waals surface area contributed by atoms with Gasteiger partial charge in [0.15, 0.2) is 0 Å². The SMILES string of the molecule is Cc1ccccc1Nc1ccc(C(=O)Nc2ccccc2C(F)(F)F)nc1. The van der Waals surface area contributed by atoms with Crippen LogP contribution in [0.2, 0.25) is 0 Å². The number of anilines is 3. The second-order valence-electron chi connectivity index (χ2n) is 5.87. The zero-order chi connectivity index (χ0) is 19.4. The molecule has 4 nitrogen and oxygen atoms in total. The molecule has 2 aromatic carbocycles. The Morgan fingerprint density at radius 2 is 1.59 bits per heavy atom. The van der Waals surface area contributed by atoms with Crippen molar-refractivity contribution in [2.24, 2.45) is 0 Å². The molecule has 0 radical (unpaired) electrons. The summed E-state index contributed by atoms with van der Waals surface area (Å²) in [4.78, 5) is 16.3. The number of hydrogen-bond acceptors (Lipinski definition) is 3. The molecule has 138 valence electrons. The van der Waals surface area contributed by atoms with E-state index in [0.717, 1.165) is 17.3 Å². The number of nitrogens with one attached hydrogen (secondary N) is 2. The lowest BCUT2D eigenvalue weighted by atomic mass is 10.1. The molecule has 7 heteroatoms. The van der Waals surface area contributed by atoms with Gasteiger partial charge in [-0.15, -0.1) is 0 Å². The van der Waals surface area contributed by atoms with Crippen LogP contribution < -0.4 is 10.6 Å². The van der Waals surface area contributed by atoms with Gasteiger partial charge in [-0.1, -0.05) is 30.3 Å². The summed E-state index contributed by atoms with van der Waals surface area (Å²) in [6.45, 7) is 1.95. The number of hydrogen-bond donors (Lipinski definition) is 2. The number of aryl methyl sites for hydroxylation is 1. The molecule has 0 unspecified atom stereocenters. The Kier molecular flexibility index (Phi) is 5.12. The molecule has 1 heterocycles. The number of para-hydroxylation sites is 2. The van der Waals surface area contributed by atoms with Crippen molar-refractivity contribution in [3.05, 3.63) is 83.7 Å². The van der Waals surface area contributed by atoms with Crippen molar-refractivity contribution in [1.29, 1.82) is 0 Å². The molecule has 0 atom stereocenters. The number of amides is 1. The van der Waals surface area contributed by atoms with E-state index in [9.17, 15) is 18.0 Å².